The van der Waals surface area contributed by atoms with Gasteiger partial charge in [-0.05, 0) is 30.5 Å². The van der Waals surface area contributed by atoms with E-state index in [4.69, 9.17) is 5.73 Å². The Labute approximate surface area is 178 Å². The number of phenolic OH excluding ortho intramolecular Hbond substituents is 1. The van der Waals surface area contributed by atoms with E-state index in [1.165, 1.54) is 23.5 Å². The van der Waals surface area contributed by atoms with Crippen molar-refractivity contribution in [3.05, 3.63) is 59.1 Å². The molecular formula is C22H23FN4O2S. The van der Waals surface area contributed by atoms with E-state index in [1.807, 2.05) is 6.07 Å². The number of phenols is 1. The van der Waals surface area contributed by atoms with E-state index in [0.29, 0.717) is 16.6 Å². The summed E-state index contributed by atoms with van der Waals surface area (Å²) in [4.78, 5) is 23.6. The molecule has 0 saturated carbocycles. The molecule has 0 spiro atoms. The molecule has 1 saturated heterocycles. The molecule has 3 N–H and O–H groups in total. The Bertz CT molecular complexity index is 1060. The predicted molar refractivity (Wildman–Crippen MR) is 115 cm³/mol. The molecule has 8 heteroatoms. The average Bonchev–Trinajstić information content (AvgIpc) is 3.17. The van der Waals surface area contributed by atoms with Gasteiger partial charge in [0.1, 0.15) is 22.3 Å². The molecule has 1 aliphatic heterocycles. The summed E-state index contributed by atoms with van der Waals surface area (Å²) < 4.78 is 14.1. The lowest BCUT2D eigenvalue weighted by Gasteiger charge is -2.37. The fraction of sp³-hybridized carbons (Fsp3) is 0.318. The fourth-order valence-electron chi connectivity index (χ4n) is 3.93. The Morgan fingerprint density at radius 1 is 1.37 bits per heavy atom. The zero-order valence-corrected chi connectivity index (χ0v) is 17.4. The van der Waals surface area contributed by atoms with Crippen LogP contribution in [0.5, 0.6) is 5.75 Å². The molecule has 156 valence electrons. The van der Waals surface area contributed by atoms with Crippen LogP contribution in [-0.2, 0) is 6.42 Å². The Balaban J connectivity index is 1.55. The molecule has 3 heterocycles. The number of rotatable bonds is 5. The summed E-state index contributed by atoms with van der Waals surface area (Å²) in [6.07, 6.45) is 4.59. The van der Waals surface area contributed by atoms with E-state index < -0.39 is 5.82 Å². The van der Waals surface area contributed by atoms with E-state index >= 15 is 0 Å². The molecular weight excluding hydrogens is 403 g/mol. The number of halogens is 1. The number of anilines is 1. The molecule has 3 aromatic rings. The first-order chi connectivity index (χ1) is 14.4. The van der Waals surface area contributed by atoms with Gasteiger partial charge in [-0.15, -0.1) is 11.3 Å². The standard InChI is InChI=1S/C22H23FN4O2S/c1-13-6-15(24)11-27(10-13)20-4-5-25-9-14(20)7-21(29)19-12-30-22(26-19)17-3-2-16(28)8-18(17)23/h2-5,8-9,12-13,15,28H,6-7,10-11,24H2,1H3/t13-,15+/m1/s1. The van der Waals surface area contributed by atoms with Crippen LogP contribution >= 0.6 is 11.3 Å². The second-order valence-electron chi connectivity index (χ2n) is 7.81. The maximum absolute atomic E-state index is 14.1. The maximum atomic E-state index is 14.1. The molecule has 30 heavy (non-hydrogen) atoms. The highest BCUT2D eigenvalue weighted by atomic mass is 32.1. The monoisotopic (exact) mass is 426 g/mol. The van der Waals surface area contributed by atoms with Crippen molar-refractivity contribution in [2.24, 2.45) is 11.7 Å². The SMILES string of the molecule is C[C@@H]1C[C@H](N)CN(c2ccncc2CC(=O)c2csc(-c3ccc(O)cc3F)n2)C1. The van der Waals surface area contributed by atoms with Gasteiger partial charge in [0.05, 0.1) is 0 Å². The normalized spacial score (nSPS) is 19.1. The molecule has 0 bridgehead atoms. The van der Waals surface area contributed by atoms with Gasteiger partial charge in [0.25, 0.3) is 0 Å². The van der Waals surface area contributed by atoms with Crippen LogP contribution in [0.15, 0.2) is 42.0 Å². The minimum absolute atomic E-state index is 0.103. The number of aromatic nitrogens is 2. The topological polar surface area (TPSA) is 92.3 Å². The quantitative estimate of drug-likeness (QED) is 0.605. The van der Waals surface area contributed by atoms with Gasteiger partial charge in [0.2, 0.25) is 0 Å². The lowest BCUT2D eigenvalue weighted by atomic mass is 9.95. The third kappa shape index (κ3) is 4.34. The summed E-state index contributed by atoms with van der Waals surface area (Å²) in [5.74, 6) is -0.402. The number of pyridine rings is 1. The van der Waals surface area contributed by atoms with Crippen molar-refractivity contribution >= 4 is 22.8 Å². The fourth-order valence-corrected chi connectivity index (χ4v) is 4.78. The maximum Gasteiger partial charge on any atom is 0.186 e. The lowest BCUT2D eigenvalue weighted by molar-refractivity contribution is 0.0989. The number of hydrogen-bond acceptors (Lipinski definition) is 7. The Morgan fingerprint density at radius 2 is 2.20 bits per heavy atom. The highest BCUT2D eigenvalue weighted by Crippen LogP contribution is 2.30. The summed E-state index contributed by atoms with van der Waals surface area (Å²) in [6, 6.07) is 5.91. The highest BCUT2D eigenvalue weighted by Gasteiger charge is 2.25. The summed E-state index contributed by atoms with van der Waals surface area (Å²) in [5, 5.41) is 11.4. The van der Waals surface area contributed by atoms with Crippen LogP contribution in [-0.4, -0.2) is 40.0 Å². The first-order valence-corrected chi connectivity index (χ1v) is 10.7. The van der Waals surface area contributed by atoms with Crippen molar-refractivity contribution in [1.82, 2.24) is 9.97 Å². The zero-order valence-electron chi connectivity index (χ0n) is 16.6. The summed E-state index contributed by atoms with van der Waals surface area (Å²) in [7, 11) is 0. The van der Waals surface area contributed by atoms with Crippen LogP contribution in [0.25, 0.3) is 10.6 Å². The molecule has 6 nitrogen and oxygen atoms in total. The smallest absolute Gasteiger partial charge is 0.186 e. The number of thiazole rings is 1. The van der Waals surface area contributed by atoms with Gasteiger partial charge in [-0.3, -0.25) is 9.78 Å². The number of carbonyl (C=O) groups excluding carboxylic acids is 1. The Morgan fingerprint density at radius 3 is 2.97 bits per heavy atom. The molecule has 2 atom stereocenters. The number of ketones is 1. The summed E-state index contributed by atoms with van der Waals surface area (Å²) in [6.45, 7) is 3.81. The van der Waals surface area contributed by atoms with Crippen molar-refractivity contribution in [1.29, 1.82) is 0 Å². The van der Waals surface area contributed by atoms with Gasteiger partial charge >= 0.3 is 0 Å². The van der Waals surface area contributed by atoms with Crippen molar-refractivity contribution in [2.45, 2.75) is 25.8 Å². The van der Waals surface area contributed by atoms with Crippen LogP contribution in [0.1, 0.15) is 29.4 Å². The highest BCUT2D eigenvalue weighted by molar-refractivity contribution is 7.13. The minimum Gasteiger partial charge on any atom is -0.508 e. The third-order valence-corrected chi connectivity index (χ3v) is 6.11. The number of Topliss-reactive ketones (excluding diaryl/α,β-unsaturated/α-hetero) is 1. The molecule has 2 aromatic heterocycles. The second kappa shape index (κ2) is 8.49. The van der Waals surface area contributed by atoms with Gasteiger partial charge in [0.15, 0.2) is 5.78 Å². The molecule has 1 aromatic carbocycles. The summed E-state index contributed by atoms with van der Waals surface area (Å²) >= 11 is 1.20. The van der Waals surface area contributed by atoms with Crippen LogP contribution in [0, 0.1) is 11.7 Å². The van der Waals surface area contributed by atoms with Crippen LogP contribution < -0.4 is 10.6 Å². The van der Waals surface area contributed by atoms with Crippen molar-refractivity contribution < 1.29 is 14.3 Å². The van der Waals surface area contributed by atoms with Gasteiger partial charge in [-0.25, -0.2) is 9.37 Å². The number of nitrogens with zero attached hydrogens (tertiary/aromatic N) is 3. The predicted octanol–water partition coefficient (Wildman–Crippen LogP) is 3.65. The molecule has 1 aliphatic rings. The van der Waals surface area contributed by atoms with Crippen LogP contribution in [0.3, 0.4) is 0 Å². The third-order valence-electron chi connectivity index (χ3n) is 5.23. The Kier molecular flexibility index (Phi) is 5.78. The number of hydrogen-bond donors (Lipinski definition) is 2. The first kappa shape index (κ1) is 20.4. The van der Waals surface area contributed by atoms with E-state index in [0.717, 1.165) is 36.8 Å². The number of nitrogens with two attached hydrogens (primary N) is 1. The zero-order chi connectivity index (χ0) is 21.3. The van der Waals surface area contributed by atoms with Gasteiger partial charge in [0, 0.05) is 66.2 Å². The van der Waals surface area contributed by atoms with E-state index in [-0.39, 0.29) is 29.6 Å². The number of carbonyl (C=O) groups is 1. The van der Waals surface area contributed by atoms with Crippen molar-refractivity contribution in [3.63, 3.8) is 0 Å². The second-order valence-corrected chi connectivity index (χ2v) is 8.67. The van der Waals surface area contributed by atoms with Gasteiger partial charge < -0.3 is 15.7 Å². The number of aromatic hydroxyl groups is 1. The molecule has 0 aliphatic carbocycles. The van der Waals surface area contributed by atoms with Gasteiger partial charge in [-0.2, -0.15) is 0 Å². The van der Waals surface area contributed by atoms with Crippen molar-refractivity contribution in [3.8, 4) is 16.3 Å². The largest absolute Gasteiger partial charge is 0.508 e. The van der Waals surface area contributed by atoms with Gasteiger partial charge in [-0.1, -0.05) is 6.92 Å². The molecule has 1 fully saturated rings. The number of benzene rings is 1. The first-order valence-electron chi connectivity index (χ1n) is 9.81. The van der Waals surface area contributed by atoms with Crippen LogP contribution in [0.2, 0.25) is 0 Å². The van der Waals surface area contributed by atoms with E-state index in [2.05, 4.69) is 21.8 Å². The molecule has 4 rings (SSSR count). The number of piperidine rings is 1. The molecule has 0 radical (unpaired) electrons. The minimum atomic E-state index is -0.576. The molecule has 0 unspecified atom stereocenters. The van der Waals surface area contributed by atoms with E-state index in [1.54, 1.807) is 17.8 Å². The Hall–Kier alpha value is -2.84. The summed E-state index contributed by atoms with van der Waals surface area (Å²) in [5.41, 5.74) is 8.55. The lowest BCUT2D eigenvalue weighted by Crippen LogP contribution is -2.46. The average molecular weight is 427 g/mol. The van der Waals surface area contributed by atoms with E-state index in [9.17, 15) is 14.3 Å². The van der Waals surface area contributed by atoms with Crippen molar-refractivity contribution in [2.75, 3.05) is 18.0 Å². The molecule has 0 amide bonds. The van der Waals surface area contributed by atoms with Crippen LogP contribution in [0.4, 0.5) is 10.1 Å².